The van der Waals surface area contributed by atoms with Crippen LogP contribution in [0, 0.1) is 24.2 Å². The average Bonchev–Trinajstić information content (AvgIpc) is 2.38. The van der Waals surface area contributed by atoms with Gasteiger partial charge in [-0.25, -0.2) is 0 Å². The van der Waals surface area contributed by atoms with Gasteiger partial charge in [0.1, 0.15) is 0 Å². The first-order valence-electron chi connectivity index (χ1n) is 8.03. The highest BCUT2D eigenvalue weighted by molar-refractivity contribution is 5.37. The van der Waals surface area contributed by atoms with Gasteiger partial charge in [0.05, 0.1) is 0 Å². The van der Waals surface area contributed by atoms with Crippen molar-refractivity contribution in [3.63, 3.8) is 0 Å². The van der Waals surface area contributed by atoms with Crippen molar-refractivity contribution in [1.29, 1.82) is 0 Å². The van der Waals surface area contributed by atoms with Crippen molar-refractivity contribution in [2.75, 3.05) is 0 Å². The number of aryl methyl sites for hydroxylation is 1. The molecule has 2 atom stereocenters. The van der Waals surface area contributed by atoms with E-state index in [2.05, 4.69) is 78.0 Å². The molecular weight excluding hydrogens is 240 g/mol. The van der Waals surface area contributed by atoms with Crippen LogP contribution < -0.4 is 0 Å². The van der Waals surface area contributed by atoms with Crippen LogP contribution in [0.15, 0.2) is 36.4 Å². The molecule has 0 heterocycles. The van der Waals surface area contributed by atoms with E-state index in [1.54, 1.807) is 0 Å². The first-order valence-corrected chi connectivity index (χ1v) is 8.03. The van der Waals surface area contributed by atoms with Gasteiger partial charge >= 0.3 is 0 Å². The molecular formula is C20H30. The van der Waals surface area contributed by atoms with Crippen LogP contribution in [0.5, 0.6) is 0 Å². The topological polar surface area (TPSA) is 0 Å². The van der Waals surface area contributed by atoms with E-state index in [9.17, 15) is 0 Å². The van der Waals surface area contributed by atoms with E-state index in [0.29, 0.717) is 0 Å². The van der Waals surface area contributed by atoms with E-state index < -0.39 is 0 Å². The lowest BCUT2D eigenvalue weighted by atomic mass is 9.57. The molecule has 0 aromatic heterocycles. The molecule has 20 heavy (non-hydrogen) atoms. The summed E-state index contributed by atoms with van der Waals surface area (Å²) in [5.74, 6) is 1.50. The third-order valence-electron chi connectivity index (χ3n) is 5.26. The van der Waals surface area contributed by atoms with Crippen molar-refractivity contribution in [3.05, 3.63) is 47.5 Å². The molecule has 0 heteroatoms. The normalized spacial score (nSPS) is 27.1. The van der Waals surface area contributed by atoms with Crippen LogP contribution in [0.3, 0.4) is 0 Å². The molecule has 0 radical (unpaired) electrons. The highest BCUT2D eigenvalue weighted by Crippen LogP contribution is 2.50. The molecule has 0 amide bonds. The molecule has 1 aliphatic rings. The van der Waals surface area contributed by atoms with Gasteiger partial charge in [0, 0.05) is 5.41 Å². The summed E-state index contributed by atoms with van der Waals surface area (Å²) < 4.78 is 0. The quantitative estimate of drug-likeness (QED) is 0.587. The van der Waals surface area contributed by atoms with E-state index in [-0.39, 0.29) is 10.8 Å². The fourth-order valence-corrected chi connectivity index (χ4v) is 3.57. The molecule has 0 bridgehead atoms. The monoisotopic (exact) mass is 270 g/mol. The zero-order valence-electron chi connectivity index (χ0n) is 14.0. The maximum atomic E-state index is 2.52. The van der Waals surface area contributed by atoms with Crippen molar-refractivity contribution < 1.29 is 0 Å². The largest absolute Gasteiger partial charge is 0.0843 e. The van der Waals surface area contributed by atoms with Crippen LogP contribution in [0.1, 0.15) is 58.6 Å². The van der Waals surface area contributed by atoms with Crippen molar-refractivity contribution in [1.82, 2.24) is 0 Å². The summed E-state index contributed by atoms with van der Waals surface area (Å²) in [6, 6.07) is 9.18. The van der Waals surface area contributed by atoms with Gasteiger partial charge in [0.25, 0.3) is 0 Å². The number of hydrogen-bond acceptors (Lipinski definition) is 0. The van der Waals surface area contributed by atoms with E-state index >= 15 is 0 Å². The van der Waals surface area contributed by atoms with Crippen molar-refractivity contribution in [2.45, 2.75) is 59.8 Å². The summed E-state index contributed by atoms with van der Waals surface area (Å²) in [6.07, 6.45) is 7.57. The summed E-state index contributed by atoms with van der Waals surface area (Å²) in [6.45, 7) is 14.0. The Labute approximate surface area is 125 Å². The Hall–Kier alpha value is -1.04. The molecule has 1 aromatic rings. The SMILES string of the molecule is Cc1ccc([C@@]2(C(C)(C)C)C=CC(C(C)C)CC2)cc1. The summed E-state index contributed by atoms with van der Waals surface area (Å²) in [4.78, 5) is 0. The lowest BCUT2D eigenvalue weighted by Gasteiger charge is -2.47. The minimum Gasteiger partial charge on any atom is -0.0843 e. The maximum Gasteiger partial charge on any atom is 0.0181 e. The number of hydrogen-bond donors (Lipinski definition) is 0. The van der Waals surface area contributed by atoms with E-state index in [4.69, 9.17) is 0 Å². The van der Waals surface area contributed by atoms with E-state index in [0.717, 1.165) is 11.8 Å². The van der Waals surface area contributed by atoms with Gasteiger partial charge in [0.15, 0.2) is 0 Å². The van der Waals surface area contributed by atoms with Crippen LogP contribution >= 0.6 is 0 Å². The number of rotatable bonds is 2. The maximum absolute atomic E-state index is 2.52. The van der Waals surface area contributed by atoms with Crippen molar-refractivity contribution in [3.8, 4) is 0 Å². The van der Waals surface area contributed by atoms with E-state index in [1.807, 2.05) is 0 Å². The highest BCUT2D eigenvalue weighted by Gasteiger charge is 2.43. The van der Waals surface area contributed by atoms with Gasteiger partial charge in [0.2, 0.25) is 0 Å². The van der Waals surface area contributed by atoms with Crippen LogP contribution in [0.2, 0.25) is 0 Å². The molecule has 1 aromatic carbocycles. The van der Waals surface area contributed by atoms with Gasteiger partial charge in [-0.3, -0.25) is 0 Å². The zero-order chi connectivity index (χ0) is 15.0. The molecule has 0 nitrogen and oxygen atoms in total. The minimum atomic E-state index is 0.187. The summed E-state index contributed by atoms with van der Waals surface area (Å²) >= 11 is 0. The summed E-state index contributed by atoms with van der Waals surface area (Å²) in [5.41, 5.74) is 3.26. The van der Waals surface area contributed by atoms with Gasteiger partial charge in [-0.15, -0.1) is 0 Å². The predicted octanol–water partition coefficient (Wildman–Crippen LogP) is 5.90. The van der Waals surface area contributed by atoms with Gasteiger partial charge < -0.3 is 0 Å². The van der Waals surface area contributed by atoms with Gasteiger partial charge in [-0.05, 0) is 42.6 Å². The Morgan fingerprint density at radius 3 is 2.10 bits per heavy atom. The Morgan fingerprint density at radius 2 is 1.70 bits per heavy atom. The molecule has 2 rings (SSSR count). The molecule has 110 valence electrons. The minimum absolute atomic E-state index is 0.187. The molecule has 0 N–H and O–H groups in total. The third kappa shape index (κ3) is 2.71. The zero-order valence-corrected chi connectivity index (χ0v) is 14.0. The van der Waals surface area contributed by atoms with Crippen molar-refractivity contribution in [2.24, 2.45) is 17.3 Å². The third-order valence-corrected chi connectivity index (χ3v) is 5.26. The lowest BCUT2D eigenvalue weighted by Crippen LogP contribution is -2.41. The first kappa shape index (κ1) is 15.4. The summed E-state index contributed by atoms with van der Waals surface area (Å²) in [5, 5.41) is 0. The summed E-state index contributed by atoms with van der Waals surface area (Å²) in [7, 11) is 0. The standard InChI is InChI=1S/C20H30/c1-15(2)17-11-13-20(14-12-17,19(4,5)6)18-9-7-16(3)8-10-18/h7-11,13,15,17H,12,14H2,1-6H3/t17?,20-/m1/s1. The smallest absolute Gasteiger partial charge is 0.0181 e. The van der Waals surface area contributed by atoms with Gasteiger partial charge in [-0.2, -0.15) is 0 Å². The second kappa shape index (κ2) is 5.39. The van der Waals surface area contributed by atoms with Gasteiger partial charge in [-0.1, -0.05) is 76.6 Å². The Bertz CT molecular complexity index is 470. The molecule has 0 saturated carbocycles. The molecule has 0 spiro atoms. The van der Waals surface area contributed by atoms with Crippen LogP contribution in [0.4, 0.5) is 0 Å². The van der Waals surface area contributed by atoms with Crippen LogP contribution in [-0.2, 0) is 5.41 Å². The van der Waals surface area contributed by atoms with Crippen LogP contribution in [0.25, 0.3) is 0 Å². The second-order valence-corrected chi connectivity index (χ2v) is 7.89. The Balaban J connectivity index is 2.44. The number of allylic oxidation sites excluding steroid dienone is 2. The molecule has 1 aliphatic carbocycles. The molecule has 0 fully saturated rings. The lowest BCUT2D eigenvalue weighted by molar-refractivity contribution is 0.192. The molecule has 0 aliphatic heterocycles. The second-order valence-electron chi connectivity index (χ2n) is 7.89. The molecule has 0 saturated heterocycles. The fourth-order valence-electron chi connectivity index (χ4n) is 3.57. The first-order chi connectivity index (χ1) is 9.26. The predicted molar refractivity (Wildman–Crippen MR) is 89.0 cm³/mol. The van der Waals surface area contributed by atoms with Crippen molar-refractivity contribution >= 4 is 0 Å². The van der Waals surface area contributed by atoms with Crippen LogP contribution in [-0.4, -0.2) is 0 Å². The Morgan fingerprint density at radius 1 is 1.10 bits per heavy atom. The highest BCUT2D eigenvalue weighted by atomic mass is 14.5. The fraction of sp³-hybridized carbons (Fsp3) is 0.600. The Kier molecular flexibility index (Phi) is 4.14. The molecule has 1 unspecified atom stereocenters. The number of benzene rings is 1. The van der Waals surface area contributed by atoms with E-state index in [1.165, 1.54) is 24.0 Å². The average molecular weight is 270 g/mol.